The van der Waals surface area contributed by atoms with Gasteiger partial charge in [0.05, 0.1) is 30.7 Å². The first-order chi connectivity index (χ1) is 17.8. The van der Waals surface area contributed by atoms with Gasteiger partial charge in [0, 0.05) is 23.6 Å². The molecule has 4 rings (SSSR count). The number of aromatic nitrogens is 1. The molecule has 1 unspecified atom stereocenters. The average molecular weight is 501 g/mol. The third-order valence-corrected chi connectivity index (χ3v) is 5.81. The molecule has 1 N–H and O–H groups in total. The summed E-state index contributed by atoms with van der Waals surface area (Å²) >= 11 is 0. The third-order valence-electron chi connectivity index (χ3n) is 5.81. The summed E-state index contributed by atoms with van der Waals surface area (Å²) in [6.45, 7) is 5.93. The molecule has 1 aromatic heterocycles. The number of hydrogen-bond acceptors (Lipinski definition) is 7. The maximum absolute atomic E-state index is 13.3. The predicted molar refractivity (Wildman–Crippen MR) is 138 cm³/mol. The standard InChI is InChI=1S/C29H28N2O6/c1-4-36-23-13-9-20(10-14-23)27(33)25-26(21-6-5-15-30-17-21)31(29(35)28(25)34)22-11-7-19(8-12-22)16-24(32)37-18(2)3/h5-15,17-18,26,33H,4,16H2,1-3H3/b27-25-. The average Bonchev–Trinajstić information content (AvgIpc) is 3.15. The highest BCUT2D eigenvalue weighted by Gasteiger charge is 2.47. The fourth-order valence-electron chi connectivity index (χ4n) is 4.23. The monoisotopic (exact) mass is 500 g/mol. The second-order valence-electron chi connectivity index (χ2n) is 8.79. The number of aliphatic hydroxyl groups excluding tert-OH is 1. The van der Waals surface area contributed by atoms with Crippen LogP contribution in [0.2, 0.25) is 0 Å². The second-order valence-corrected chi connectivity index (χ2v) is 8.79. The van der Waals surface area contributed by atoms with E-state index in [1.807, 2.05) is 6.92 Å². The number of hydrogen-bond donors (Lipinski definition) is 1. The highest BCUT2D eigenvalue weighted by atomic mass is 16.5. The summed E-state index contributed by atoms with van der Waals surface area (Å²) in [6, 6.07) is 16.0. The Morgan fingerprint density at radius 3 is 2.35 bits per heavy atom. The number of benzene rings is 2. The first kappa shape index (κ1) is 25.6. The number of carbonyl (C=O) groups is 3. The summed E-state index contributed by atoms with van der Waals surface area (Å²) in [5, 5.41) is 11.2. The molecule has 3 aromatic rings. The molecular formula is C29H28N2O6. The molecule has 0 aliphatic carbocycles. The molecule has 2 aromatic carbocycles. The summed E-state index contributed by atoms with van der Waals surface area (Å²) in [4.78, 5) is 44.1. The second kappa shape index (κ2) is 11.1. The van der Waals surface area contributed by atoms with E-state index in [1.165, 1.54) is 4.90 Å². The zero-order valence-corrected chi connectivity index (χ0v) is 20.9. The van der Waals surface area contributed by atoms with Gasteiger partial charge in [-0.3, -0.25) is 24.3 Å². The van der Waals surface area contributed by atoms with E-state index < -0.39 is 17.7 Å². The molecule has 37 heavy (non-hydrogen) atoms. The van der Waals surface area contributed by atoms with E-state index in [2.05, 4.69) is 4.98 Å². The summed E-state index contributed by atoms with van der Waals surface area (Å²) in [5.74, 6) is -1.58. The van der Waals surface area contributed by atoms with Gasteiger partial charge in [0.15, 0.2) is 0 Å². The molecule has 1 amide bonds. The van der Waals surface area contributed by atoms with Crippen molar-refractivity contribution in [2.45, 2.75) is 39.3 Å². The van der Waals surface area contributed by atoms with E-state index in [4.69, 9.17) is 9.47 Å². The molecule has 0 saturated carbocycles. The van der Waals surface area contributed by atoms with Crippen LogP contribution in [-0.2, 0) is 25.5 Å². The summed E-state index contributed by atoms with van der Waals surface area (Å²) < 4.78 is 10.7. The fraction of sp³-hybridized carbons (Fsp3) is 0.241. The normalized spacial score (nSPS) is 16.8. The molecule has 0 spiro atoms. The van der Waals surface area contributed by atoms with Crippen LogP contribution in [0.15, 0.2) is 78.6 Å². The maximum Gasteiger partial charge on any atom is 0.310 e. The highest BCUT2D eigenvalue weighted by Crippen LogP contribution is 2.42. The van der Waals surface area contributed by atoms with Crippen molar-refractivity contribution in [2.24, 2.45) is 0 Å². The number of aliphatic hydroxyl groups is 1. The molecule has 0 radical (unpaired) electrons. The number of ketones is 1. The number of amides is 1. The van der Waals surface area contributed by atoms with E-state index in [0.717, 1.165) is 0 Å². The molecule has 1 atom stereocenters. The number of Topliss-reactive ketones (excluding diaryl/α,β-unsaturated/α-hetero) is 1. The van der Waals surface area contributed by atoms with Crippen molar-refractivity contribution in [3.8, 4) is 5.75 Å². The van der Waals surface area contributed by atoms with Crippen LogP contribution in [0.3, 0.4) is 0 Å². The van der Waals surface area contributed by atoms with Gasteiger partial charge in [0.2, 0.25) is 0 Å². The van der Waals surface area contributed by atoms with Gasteiger partial charge < -0.3 is 14.6 Å². The summed E-state index contributed by atoms with van der Waals surface area (Å²) in [7, 11) is 0. The molecule has 1 saturated heterocycles. The topological polar surface area (TPSA) is 106 Å². The Morgan fingerprint density at radius 2 is 1.76 bits per heavy atom. The minimum atomic E-state index is -0.892. The van der Waals surface area contributed by atoms with Crippen molar-refractivity contribution in [3.63, 3.8) is 0 Å². The van der Waals surface area contributed by atoms with Crippen molar-refractivity contribution in [1.29, 1.82) is 0 Å². The summed E-state index contributed by atoms with van der Waals surface area (Å²) in [5.41, 5.74) is 2.07. The number of rotatable bonds is 8. The lowest BCUT2D eigenvalue weighted by Gasteiger charge is -2.25. The van der Waals surface area contributed by atoms with Crippen LogP contribution in [0, 0.1) is 0 Å². The van der Waals surface area contributed by atoms with E-state index in [0.29, 0.717) is 34.7 Å². The van der Waals surface area contributed by atoms with E-state index in [9.17, 15) is 19.5 Å². The smallest absolute Gasteiger partial charge is 0.310 e. The third kappa shape index (κ3) is 5.53. The summed E-state index contributed by atoms with van der Waals surface area (Å²) in [6.07, 6.45) is 3.02. The van der Waals surface area contributed by atoms with Gasteiger partial charge in [0.1, 0.15) is 11.5 Å². The Bertz CT molecular complexity index is 1310. The SMILES string of the molecule is CCOc1ccc(/C(O)=C2/C(=O)C(=O)N(c3ccc(CC(=O)OC(C)C)cc3)C2c2cccnc2)cc1. The van der Waals surface area contributed by atoms with Crippen LogP contribution in [0.4, 0.5) is 5.69 Å². The minimum absolute atomic E-state index is 0.0354. The molecular weight excluding hydrogens is 472 g/mol. The number of anilines is 1. The zero-order chi connectivity index (χ0) is 26.5. The van der Waals surface area contributed by atoms with Crippen molar-refractivity contribution in [1.82, 2.24) is 4.98 Å². The zero-order valence-electron chi connectivity index (χ0n) is 20.9. The lowest BCUT2D eigenvalue weighted by atomic mass is 9.96. The molecule has 8 nitrogen and oxygen atoms in total. The molecule has 2 heterocycles. The van der Waals surface area contributed by atoms with E-state index in [1.54, 1.807) is 86.9 Å². The Hall–Kier alpha value is -4.46. The van der Waals surface area contributed by atoms with Crippen LogP contribution in [-0.4, -0.2) is 40.5 Å². The number of pyridine rings is 1. The van der Waals surface area contributed by atoms with Gasteiger partial charge in [-0.25, -0.2) is 0 Å². The number of nitrogens with zero attached hydrogens (tertiary/aromatic N) is 2. The Kier molecular flexibility index (Phi) is 7.67. The quantitative estimate of drug-likeness (QED) is 0.209. The van der Waals surface area contributed by atoms with Crippen molar-refractivity contribution < 1.29 is 29.0 Å². The van der Waals surface area contributed by atoms with Gasteiger partial charge in [-0.1, -0.05) is 18.2 Å². The maximum atomic E-state index is 13.3. The number of ether oxygens (including phenoxy) is 2. The highest BCUT2D eigenvalue weighted by molar-refractivity contribution is 6.51. The van der Waals surface area contributed by atoms with Crippen LogP contribution in [0.1, 0.15) is 43.5 Å². The lowest BCUT2D eigenvalue weighted by Crippen LogP contribution is -2.29. The first-order valence-electron chi connectivity index (χ1n) is 12.0. The lowest BCUT2D eigenvalue weighted by molar-refractivity contribution is -0.146. The van der Waals surface area contributed by atoms with E-state index >= 15 is 0 Å². The van der Waals surface area contributed by atoms with Gasteiger partial charge in [-0.2, -0.15) is 0 Å². The predicted octanol–water partition coefficient (Wildman–Crippen LogP) is 4.60. The minimum Gasteiger partial charge on any atom is -0.507 e. The molecule has 0 bridgehead atoms. The largest absolute Gasteiger partial charge is 0.507 e. The molecule has 1 aliphatic rings. The molecule has 1 fully saturated rings. The Labute approximate surface area is 215 Å². The molecule has 8 heteroatoms. The Balaban J connectivity index is 1.74. The van der Waals surface area contributed by atoms with Crippen LogP contribution in [0.5, 0.6) is 5.75 Å². The van der Waals surface area contributed by atoms with Gasteiger partial charge in [-0.05, 0) is 74.4 Å². The van der Waals surface area contributed by atoms with Crippen LogP contribution < -0.4 is 9.64 Å². The fourth-order valence-corrected chi connectivity index (χ4v) is 4.23. The number of carbonyl (C=O) groups excluding carboxylic acids is 3. The van der Waals surface area contributed by atoms with Crippen LogP contribution >= 0.6 is 0 Å². The first-order valence-corrected chi connectivity index (χ1v) is 12.0. The van der Waals surface area contributed by atoms with Gasteiger partial charge in [-0.15, -0.1) is 0 Å². The van der Waals surface area contributed by atoms with Crippen molar-refractivity contribution in [2.75, 3.05) is 11.5 Å². The van der Waals surface area contributed by atoms with Crippen molar-refractivity contribution >= 4 is 29.1 Å². The van der Waals surface area contributed by atoms with Crippen molar-refractivity contribution in [3.05, 3.63) is 95.3 Å². The van der Waals surface area contributed by atoms with Crippen LogP contribution in [0.25, 0.3) is 5.76 Å². The number of esters is 1. The van der Waals surface area contributed by atoms with E-state index in [-0.39, 0.29) is 29.8 Å². The molecule has 190 valence electrons. The van der Waals surface area contributed by atoms with Gasteiger partial charge >= 0.3 is 5.97 Å². The molecule has 1 aliphatic heterocycles. The van der Waals surface area contributed by atoms with Gasteiger partial charge in [0.25, 0.3) is 11.7 Å². The Morgan fingerprint density at radius 1 is 1.05 bits per heavy atom.